The first-order valence-electron chi connectivity index (χ1n) is 5.22. The maximum absolute atomic E-state index is 9.61. The second-order valence-corrected chi connectivity index (χ2v) is 4.09. The predicted octanol–water partition coefficient (Wildman–Crippen LogP) is -1.60. The highest BCUT2D eigenvalue weighted by Crippen LogP contribution is 2.23. The van der Waals surface area contributed by atoms with E-state index in [4.69, 9.17) is 5.11 Å². The van der Waals surface area contributed by atoms with Crippen molar-refractivity contribution in [3.8, 4) is 0 Å². The van der Waals surface area contributed by atoms with Crippen molar-refractivity contribution in [1.82, 2.24) is 10.0 Å². The van der Waals surface area contributed by atoms with Gasteiger partial charge in [-0.3, -0.25) is 0 Å². The van der Waals surface area contributed by atoms with Crippen LogP contribution in [-0.4, -0.2) is 69.8 Å². The standard InChI is InChI=1S/C9H18N2O3/c12-6-7-9(14)8(13)5-11(7)10-3-1-2-4-10/h7-9,12-14H,1-6H2. The Morgan fingerprint density at radius 2 is 1.79 bits per heavy atom. The van der Waals surface area contributed by atoms with Gasteiger partial charge in [0, 0.05) is 19.6 Å². The molecule has 0 spiro atoms. The Hall–Kier alpha value is -0.200. The maximum Gasteiger partial charge on any atom is 0.100 e. The SMILES string of the molecule is OCC1C(O)C(O)CN1N1CCCC1. The monoisotopic (exact) mass is 202 g/mol. The molecule has 82 valence electrons. The molecule has 3 atom stereocenters. The highest BCUT2D eigenvalue weighted by atomic mass is 16.3. The lowest BCUT2D eigenvalue weighted by molar-refractivity contribution is -0.0549. The molecule has 2 fully saturated rings. The van der Waals surface area contributed by atoms with E-state index in [0.717, 1.165) is 25.9 Å². The Morgan fingerprint density at radius 1 is 1.14 bits per heavy atom. The molecule has 0 amide bonds. The summed E-state index contributed by atoms with van der Waals surface area (Å²) in [4.78, 5) is 0. The number of rotatable bonds is 2. The summed E-state index contributed by atoms with van der Waals surface area (Å²) in [6.07, 6.45) is 0.759. The fraction of sp³-hybridized carbons (Fsp3) is 1.00. The minimum absolute atomic E-state index is 0.102. The molecule has 0 aromatic heterocycles. The van der Waals surface area contributed by atoms with Crippen LogP contribution in [-0.2, 0) is 0 Å². The van der Waals surface area contributed by atoms with Crippen LogP contribution in [0.15, 0.2) is 0 Å². The summed E-state index contributed by atoms with van der Waals surface area (Å²) in [6, 6.07) is -0.330. The zero-order valence-corrected chi connectivity index (χ0v) is 8.21. The number of β-amino-alcohol motifs (C(OH)–C–C–N with tert-alkyl or cyclic N) is 1. The maximum atomic E-state index is 9.61. The molecule has 2 saturated heterocycles. The van der Waals surface area contributed by atoms with Gasteiger partial charge in [-0.05, 0) is 12.8 Å². The molecule has 0 radical (unpaired) electrons. The fourth-order valence-electron chi connectivity index (χ4n) is 2.35. The van der Waals surface area contributed by atoms with Crippen molar-refractivity contribution in [2.75, 3.05) is 26.2 Å². The molecule has 0 aromatic rings. The summed E-state index contributed by atoms with van der Waals surface area (Å²) in [5.74, 6) is 0. The summed E-state index contributed by atoms with van der Waals surface area (Å²) in [5.41, 5.74) is 0. The molecule has 5 nitrogen and oxygen atoms in total. The lowest BCUT2D eigenvalue weighted by Gasteiger charge is -2.32. The van der Waals surface area contributed by atoms with Crippen LogP contribution in [0.25, 0.3) is 0 Å². The summed E-state index contributed by atoms with van der Waals surface area (Å²) < 4.78 is 0. The van der Waals surface area contributed by atoms with Gasteiger partial charge in [-0.25, -0.2) is 10.0 Å². The first kappa shape index (κ1) is 10.3. The molecule has 2 rings (SSSR count). The number of hydrazine groups is 1. The van der Waals surface area contributed by atoms with Crippen molar-refractivity contribution in [3.63, 3.8) is 0 Å². The first-order valence-corrected chi connectivity index (χ1v) is 5.22. The van der Waals surface area contributed by atoms with E-state index < -0.39 is 12.2 Å². The number of hydrogen-bond donors (Lipinski definition) is 3. The van der Waals surface area contributed by atoms with Crippen molar-refractivity contribution < 1.29 is 15.3 Å². The van der Waals surface area contributed by atoms with E-state index in [0.29, 0.717) is 6.54 Å². The number of hydrogen-bond acceptors (Lipinski definition) is 5. The minimum atomic E-state index is -0.819. The van der Waals surface area contributed by atoms with Crippen molar-refractivity contribution in [2.24, 2.45) is 0 Å². The highest BCUT2D eigenvalue weighted by Gasteiger charge is 2.42. The topological polar surface area (TPSA) is 67.2 Å². The Kier molecular flexibility index (Phi) is 3.04. The van der Waals surface area contributed by atoms with Crippen LogP contribution in [0.1, 0.15) is 12.8 Å². The van der Waals surface area contributed by atoms with Gasteiger partial charge in [-0.15, -0.1) is 0 Å². The molecule has 5 heteroatoms. The third-order valence-corrected chi connectivity index (χ3v) is 3.18. The van der Waals surface area contributed by atoms with E-state index in [2.05, 4.69) is 5.01 Å². The second kappa shape index (κ2) is 4.12. The molecule has 0 aromatic carbocycles. The van der Waals surface area contributed by atoms with E-state index in [9.17, 15) is 10.2 Å². The van der Waals surface area contributed by atoms with Gasteiger partial charge in [0.1, 0.15) is 6.10 Å². The van der Waals surface area contributed by atoms with Gasteiger partial charge in [0.25, 0.3) is 0 Å². The molecule has 14 heavy (non-hydrogen) atoms. The van der Waals surface area contributed by atoms with E-state index >= 15 is 0 Å². The molecule has 0 aliphatic carbocycles. The first-order chi connectivity index (χ1) is 6.74. The Balaban J connectivity index is 2.03. The highest BCUT2D eigenvalue weighted by molar-refractivity contribution is 4.92. The molecule has 3 N–H and O–H groups in total. The van der Waals surface area contributed by atoms with Crippen LogP contribution in [0.5, 0.6) is 0 Å². The van der Waals surface area contributed by atoms with Gasteiger partial charge in [0.2, 0.25) is 0 Å². The number of nitrogens with zero attached hydrogens (tertiary/aromatic N) is 2. The molecule has 2 aliphatic heterocycles. The smallest absolute Gasteiger partial charge is 0.100 e. The zero-order chi connectivity index (χ0) is 10.1. The van der Waals surface area contributed by atoms with Crippen LogP contribution < -0.4 is 0 Å². The third-order valence-electron chi connectivity index (χ3n) is 3.18. The van der Waals surface area contributed by atoms with Gasteiger partial charge >= 0.3 is 0 Å². The van der Waals surface area contributed by atoms with Crippen LogP contribution >= 0.6 is 0 Å². The van der Waals surface area contributed by atoms with Gasteiger partial charge in [0.05, 0.1) is 18.8 Å². The normalized spacial score (nSPS) is 40.9. The average molecular weight is 202 g/mol. The van der Waals surface area contributed by atoms with Gasteiger partial charge in [0.15, 0.2) is 0 Å². The quantitative estimate of drug-likeness (QED) is 0.503. The third kappa shape index (κ3) is 1.66. The van der Waals surface area contributed by atoms with Crippen molar-refractivity contribution in [2.45, 2.75) is 31.1 Å². The predicted molar refractivity (Wildman–Crippen MR) is 50.4 cm³/mol. The van der Waals surface area contributed by atoms with E-state index in [1.165, 1.54) is 0 Å². The Bertz CT molecular complexity index is 196. The summed E-state index contributed by atoms with van der Waals surface area (Å²) in [6.45, 7) is 2.27. The van der Waals surface area contributed by atoms with Gasteiger partial charge < -0.3 is 15.3 Å². The Labute approximate surface area is 83.5 Å². The molecular formula is C9H18N2O3. The van der Waals surface area contributed by atoms with Gasteiger partial charge in [-0.2, -0.15) is 0 Å². The summed E-state index contributed by atoms with van der Waals surface area (Å²) >= 11 is 0. The lowest BCUT2D eigenvalue weighted by Crippen LogP contribution is -2.48. The largest absolute Gasteiger partial charge is 0.395 e. The fourth-order valence-corrected chi connectivity index (χ4v) is 2.35. The molecule has 0 bridgehead atoms. The molecular weight excluding hydrogens is 184 g/mol. The van der Waals surface area contributed by atoms with Crippen LogP contribution in [0.3, 0.4) is 0 Å². The summed E-state index contributed by atoms with van der Waals surface area (Å²) in [7, 11) is 0. The molecule has 0 saturated carbocycles. The van der Waals surface area contributed by atoms with Gasteiger partial charge in [-0.1, -0.05) is 0 Å². The lowest BCUT2D eigenvalue weighted by atomic mass is 10.1. The Morgan fingerprint density at radius 3 is 2.36 bits per heavy atom. The molecule has 3 unspecified atom stereocenters. The van der Waals surface area contributed by atoms with Crippen LogP contribution in [0, 0.1) is 0 Å². The molecule has 2 heterocycles. The van der Waals surface area contributed by atoms with Crippen molar-refractivity contribution >= 4 is 0 Å². The van der Waals surface area contributed by atoms with E-state index in [1.807, 2.05) is 5.01 Å². The zero-order valence-electron chi connectivity index (χ0n) is 8.21. The number of aliphatic hydroxyl groups excluding tert-OH is 3. The number of aliphatic hydroxyl groups is 3. The van der Waals surface area contributed by atoms with Crippen molar-refractivity contribution in [3.05, 3.63) is 0 Å². The van der Waals surface area contributed by atoms with E-state index in [-0.39, 0.29) is 12.6 Å². The second-order valence-electron chi connectivity index (χ2n) is 4.09. The summed E-state index contributed by atoms with van der Waals surface area (Å²) in [5, 5.41) is 32.3. The average Bonchev–Trinajstić information content (AvgIpc) is 2.76. The van der Waals surface area contributed by atoms with Crippen LogP contribution in [0.2, 0.25) is 0 Å². The minimum Gasteiger partial charge on any atom is -0.395 e. The van der Waals surface area contributed by atoms with E-state index in [1.54, 1.807) is 0 Å². The molecule has 2 aliphatic rings. The van der Waals surface area contributed by atoms with Crippen LogP contribution in [0.4, 0.5) is 0 Å². The van der Waals surface area contributed by atoms with Crippen molar-refractivity contribution in [1.29, 1.82) is 0 Å².